The van der Waals surface area contributed by atoms with Crippen LogP contribution in [0.3, 0.4) is 0 Å². The summed E-state index contributed by atoms with van der Waals surface area (Å²) in [6, 6.07) is 1.66. The molecule has 0 aliphatic heterocycles. The first-order chi connectivity index (χ1) is 5.65. The fourth-order valence-corrected chi connectivity index (χ4v) is 0.954. The zero-order chi connectivity index (χ0) is 9.14. The molecule has 0 aromatic carbocycles. The van der Waals surface area contributed by atoms with E-state index in [1.165, 1.54) is 6.20 Å². The number of hydrogen-bond acceptors (Lipinski definition) is 3. The van der Waals surface area contributed by atoms with Crippen molar-refractivity contribution in [3.8, 4) is 0 Å². The van der Waals surface area contributed by atoms with Crippen LogP contribution in [0.5, 0.6) is 0 Å². The summed E-state index contributed by atoms with van der Waals surface area (Å²) in [5, 5.41) is 0.434. The quantitative estimate of drug-likeness (QED) is 0.655. The molecule has 1 rings (SSSR count). The summed E-state index contributed by atoms with van der Waals surface area (Å²) in [7, 11) is 3.72. The Morgan fingerprint density at radius 1 is 1.58 bits per heavy atom. The minimum Gasteiger partial charge on any atom is -0.363 e. The second kappa shape index (κ2) is 3.54. The lowest BCUT2D eigenvalue weighted by atomic mass is 10.3. The van der Waals surface area contributed by atoms with E-state index in [1.807, 2.05) is 19.0 Å². The minimum atomic E-state index is 0.419. The van der Waals surface area contributed by atoms with Crippen molar-refractivity contribution in [1.82, 2.24) is 4.98 Å². The summed E-state index contributed by atoms with van der Waals surface area (Å²) in [4.78, 5) is 16.2. The van der Waals surface area contributed by atoms with Gasteiger partial charge in [-0.25, -0.2) is 4.98 Å². The smallest absolute Gasteiger partial charge is 0.153 e. The molecular formula is C8H9ClN2O. The number of halogens is 1. The van der Waals surface area contributed by atoms with Gasteiger partial charge in [0.25, 0.3) is 0 Å². The molecule has 1 aromatic rings. The molecule has 4 heteroatoms. The largest absolute Gasteiger partial charge is 0.363 e. The van der Waals surface area contributed by atoms with Crippen LogP contribution in [0.4, 0.5) is 5.82 Å². The number of aldehydes is 1. The van der Waals surface area contributed by atoms with Crippen molar-refractivity contribution in [2.75, 3.05) is 19.0 Å². The normalized spacial score (nSPS) is 9.58. The number of anilines is 1. The minimum absolute atomic E-state index is 0.419. The van der Waals surface area contributed by atoms with Crippen molar-refractivity contribution < 1.29 is 4.79 Å². The van der Waals surface area contributed by atoms with Crippen LogP contribution in [0.15, 0.2) is 12.3 Å². The first-order valence-electron chi connectivity index (χ1n) is 3.43. The third kappa shape index (κ3) is 1.74. The number of hydrogen-bond donors (Lipinski definition) is 0. The van der Waals surface area contributed by atoms with Crippen molar-refractivity contribution in [3.63, 3.8) is 0 Å². The predicted molar refractivity (Wildman–Crippen MR) is 49.0 cm³/mol. The second-order valence-corrected chi connectivity index (χ2v) is 2.98. The maximum absolute atomic E-state index is 10.4. The van der Waals surface area contributed by atoms with Gasteiger partial charge in [0.15, 0.2) is 6.29 Å². The first-order valence-corrected chi connectivity index (χ1v) is 3.81. The van der Waals surface area contributed by atoms with Crippen molar-refractivity contribution >= 4 is 23.7 Å². The predicted octanol–water partition coefficient (Wildman–Crippen LogP) is 1.61. The maximum Gasteiger partial charge on any atom is 0.153 e. The molecule has 0 atom stereocenters. The Hall–Kier alpha value is -1.09. The van der Waals surface area contributed by atoms with Gasteiger partial charge in [0, 0.05) is 26.4 Å². The van der Waals surface area contributed by atoms with Crippen LogP contribution in [0.1, 0.15) is 10.4 Å². The van der Waals surface area contributed by atoms with Crippen molar-refractivity contribution in [3.05, 3.63) is 22.8 Å². The molecule has 0 radical (unpaired) electrons. The van der Waals surface area contributed by atoms with Gasteiger partial charge >= 0.3 is 0 Å². The summed E-state index contributed by atoms with van der Waals surface area (Å²) in [6.45, 7) is 0. The Balaban J connectivity index is 3.10. The molecule has 12 heavy (non-hydrogen) atoms. The maximum atomic E-state index is 10.4. The third-order valence-electron chi connectivity index (χ3n) is 1.45. The first kappa shape index (κ1) is 9.00. The summed E-state index contributed by atoms with van der Waals surface area (Å²) < 4.78 is 0. The Labute approximate surface area is 76.0 Å². The van der Waals surface area contributed by atoms with Gasteiger partial charge < -0.3 is 4.90 Å². The van der Waals surface area contributed by atoms with E-state index < -0.39 is 0 Å². The van der Waals surface area contributed by atoms with Gasteiger partial charge in [-0.05, 0) is 0 Å². The van der Waals surface area contributed by atoms with Gasteiger partial charge in [0.05, 0.1) is 10.6 Å². The van der Waals surface area contributed by atoms with E-state index in [2.05, 4.69) is 4.98 Å². The SMILES string of the molecule is CN(C)c1cc(Cl)c(C=O)cn1. The van der Waals surface area contributed by atoms with Crippen LogP contribution < -0.4 is 4.90 Å². The lowest BCUT2D eigenvalue weighted by Gasteiger charge is -2.10. The average Bonchev–Trinajstić information content (AvgIpc) is 2.04. The van der Waals surface area contributed by atoms with Crippen LogP contribution >= 0.6 is 11.6 Å². The zero-order valence-corrected chi connectivity index (χ0v) is 7.67. The van der Waals surface area contributed by atoms with E-state index in [9.17, 15) is 4.79 Å². The van der Waals surface area contributed by atoms with Crippen LogP contribution in [0.25, 0.3) is 0 Å². The van der Waals surface area contributed by atoms with E-state index in [1.54, 1.807) is 6.07 Å². The van der Waals surface area contributed by atoms with E-state index in [0.717, 1.165) is 5.82 Å². The highest BCUT2D eigenvalue weighted by atomic mass is 35.5. The summed E-state index contributed by atoms with van der Waals surface area (Å²) in [5.74, 6) is 0.741. The number of carbonyl (C=O) groups excluding carboxylic acids is 1. The molecule has 0 aliphatic carbocycles. The van der Waals surface area contributed by atoms with Gasteiger partial charge in [0.1, 0.15) is 5.82 Å². The molecule has 0 N–H and O–H groups in total. The Morgan fingerprint density at radius 3 is 2.67 bits per heavy atom. The standard InChI is InChI=1S/C8H9ClN2O/c1-11(2)8-3-7(9)6(5-12)4-10-8/h3-5H,1-2H3. The number of carbonyl (C=O) groups is 1. The van der Waals surface area contributed by atoms with Crippen molar-refractivity contribution in [2.24, 2.45) is 0 Å². The molecule has 0 bridgehead atoms. The molecule has 64 valence electrons. The molecule has 1 heterocycles. The van der Waals surface area contributed by atoms with E-state index in [4.69, 9.17) is 11.6 Å². The van der Waals surface area contributed by atoms with Crippen LogP contribution in [-0.2, 0) is 0 Å². The zero-order valence-electron chi connectivity index (χ0n) is 6.91. The molecule has 3 nitrogen and oxygen atoms in total. The summed E-state index contributed by atoms with van der Waals surface area (Å²) >= 11 is 5.78. The van der Waals surface area contributed by atoms with Crippen molar-refractivity contribution in [2.45, 2.75) is 0 Å². The van der Waals surface area contributed by atoms with Gasteiger partial charge in [-0.1, -0.05) is 11.6 Å². The number of nitrogens with zero attached hydrogens (tertiary/aromatic N) is 2. The molecule has 0 fully saturated rings. The fourth-order valence-electron chi connectivity index (χ4n) is 0.763. The lowest BCUT2D eigenvalue weighted by molar-refractivity contribution is 0.112. The third-order valence-corrected chi connectivity index (χ3v) is 1.78. The average molecular weight is 185 g/mol. The molecule has 0 spiro atoms. The molecule has 1 aromatic heterocycles. The van der Waals surface area contributed by atoms with Gasteiger partial charge in [-0.3, -0.25) is 4.79 Å². The van der Waals surface area contributed by atoms with Gasteiger partial charge in [-0.2, -0.15) is 0 Å². The highest BCUT2D eigenvalue weighted by Crippen LogP contribution is 2.17. The lowest BCUT2D eigenvalue weighted by Crippen LogP contribution is -2.10. The Bertz CT molecular complexity index is 299. The summed E-state index contributed by atoms with van der Waals surface area (Å²) in [5.41, 5.74) is 0.419. The van der Waals surface area contributed by atoms with E-state index >= 15 is 0 Å². The molecular weight excluding hydrogens is 176 g/mol. The topological polar surface area (TPSA) is 33.2 Å². The molecule has 0 saturated carbocycles. The fraction of sp³-hybridized carbons (Fsp3) is 0.250. The highest BCUT2D eigenvalue weighted by molar-refractivity contribution is 6.33. The number of aromatic nitrogens is 1. The second-order valence-electron chi connectivity index (χ2n) is 2.58. The van der Waals surface area contributed by atoms with Crippen molar-refractivity contribution in [1.29, 1.82) is 0 Å². The van der Waals surface area contributed by atoms with Gasteiger partial charge in [0.2, 0.25) is 0 Å². The molecule has 0 saturated heterocycles. The summed E-state index contributed by atoms with van der Waals surface area (Å²) in [6.07, 6.45) is 2.15. The Kier molecular flexibility index (Phi) is 2.65. The van der Waals surface area contributed by atoms with Crippen LogP contribution in [-0.4, -0.2) is 25.4 Å². The molecule has 0 amide bonds. The number of pyridine rings is 1. The van der Waals surface area contributed by atoms with E-state index in [0.29, 0.717) is 16.9 Å². The number of rotatable bonds is 2. The molecule has 0 unspecified atom stereocenters. The van der Waals surface area contributed by atoms with Gasteiger partial charge in [-0.15, -0.1) is 0 Å². The highest BCUT2D eigenvalue weighted by Gasteiger charge is 2.02. The monoisotopic (exact) mass is 184 g/mol. The Morgan fingerprint density at radius 2 is 2.25 bits per heavy atom. The van der Waals surface area contributed by atoms with E-state index in [-0.39, 0.29) is 0 Å². The van der Waals surface area contributed by atoms with Crippen LogP contribution in [0, 0.1) is 0 Å². The van der Waals surface area contributed by atoms with Crippen LogP contribution in [0.2, 0.25) is 5.02 Å². The molecule has 0 aliphatic rings.